The van der Waals surface area contributed by atoms with Gasteiger partial charge >= 0.3 is 11.9 Å². The van der Waals surface area contributed by atoms with Gasteiger partial charge in [0.2, 0.25) is 3.79 Å². The summed E-state index contributed by atoms with van der Waals surface area (Å²) in [5.41, 5.74) is -0.238. The van der Waals surface area contributed by atoms with E-state index in [0.29, 0.717) is 0 Å². The van der Waals surface area contributed by atoms with Gasteiger partial charge in [0.15, 0.2) is 5.78 Å². The first kappa shape index (κ1) is 23.6. The maximum absolute atomic E-state index is 13.0. The summed E-state index contributed by atoms with van der Waals surface area (Å²) in [4.78, 5) is 38.1. The van der Waals surface area contributed by atoms with E-state index in [1.54, 1.807) is 36.4 Å². The summed E-state index contributed by atoms with van der Waals surface area (Å²) in [7, 11) is 0. The number of hydrogen-bond acceptors (Lipinski definition) is 6. The van der Waals surface area contributed by atoms with Crippen molar-refractivity contribution >= 4 is 52.5 Å². The van der Waals surface area contributed by atoms with Gasteiger partial charge in [-0.25, -0.2) is 9.59 Å². The summed E-state index contributed by atoms with van der Waals surface area (Å²) in [6, 6.07) is 18.2. The molecular formula is C23H15Cl3O6. The summed E-state index contributed by atoms with van der Waals surface area (Å²) in [5, 5.41) is 10.6. The van der Waals surface area contributed by atoms with Crippen LogP contribution in [0.1, 0.15) is 36.6 Å². The van der Waals surface area contributed by atoms with Crippen LogP contribution in [0.3, 0.4) is 0 Å². The summed E-state index contributed by atoms with van der Waals surface area (Å²) >= 11 is 16.9. The molecule has 0 aromatic heterocycles. The van der Waals surface area contributed by atoms with E-state index in [2.05, 4.69) is 0 Å². The Morgan fingerprint density at radius 2 is 1.38 bits per heavy atom. The van der Waals surface area contributed by atoms with Crippen LogP contribution in [0.4, 0.5) is 0 Å². The molecule has 0 unspecified atom stereocenters. The van der Waals surface area contributed by atoms with Gasteiger partial charge in [-0.3, -0.25) is 4.79 Å². The predicted octanol–water partition coefficient (Wildman–Crippen LogP) is 5.37. The predicted molar refractivity (Wildman–Crippen MR) is 120 cm³/mol. The van der Waals surface area contributed by atoms with Gasteiger partial charge in [0, 0.05) is 11.6 Å². The maximum atomic E-state index is 13.0. The normalized spacial score (nSPS) is 11.0. The van der Waals surface area contributed by atoms with Gasteiger partial charge in [-0.05, 0) is 18.2 Å². The molecule has 0 spiro atoms. The van der Waals surface area contributed by atoms with E-state index in [1.165, 1.54) is 24.3 Å². The first-order valence-corrected chi connectivity index (χ1v) is 10.3. The van der Waals surface area contributed by atoms with Crippen LogP contribution in [0.5, 0.6) is 11.5 Å². The number of benzene rings is 3. The molecule has 9 heteroatoms. The third kappa shape index (κ3) is 6.01. The number of hydrogen-bond donors (Lipinski definition) is 1. The van der Waals surface area contributed by atoms with Gasteiger partial charge in [-0.15, -0.1) is 0 Å². The molecule has 0 aliphatic carbocycles. The fourth-order valence-electron chi connectivity index (χ4n) is 2.76. The van der Waals surface area contributed by atoms with Gasteiger partial charge < -0.3 is 14.6 Å². The van der Waals surface area contributed by atoms with Crippen LogP contribution >= 0.6 is 34.8 Å². The second-order valence-corrected chi connectivity index (χ2v) is 9.02. The summed E-state index contributed by atoms with van der Waals surface area (Å²) in [6.07, 6.45) is 0. The Morgan fingerprint density at radius 3 is 1.94 bits per heavy atom. The second kappa shape index (κ2) is 10.0. The summed E-state index contributed by atoms with van der Waals surface area (Å²) in [6.45, 7) is -0.607. The lowest BCUT2D eigenvalue weighted by Crippen LogP contribution is -2.20. The van der Waals surface area contributed by atoms with Crippen LogP contribution in [-0.4, -0.2) is 33.2 Å². The molecule has 0 aliphatic heterocycles. The third-order valence-corrected chi connectivity index (χ3v) is 4.49. The lowest BCUT2D eigenvalue weighted by molar-refractivity contribution is 0.0506. The van der Waals surface area contributed by atoms with E-state index in [9.17, 15) is 19.5 Å². The number of halogens is 3. The number of phenols is 1. The van der Waals surface area contributed by atoms with Crippen molar-refractivity contribution in [1.82, 2.24) is 0 Å². The number of carbonyl (C=O) groups is 3. The Balaban J connectivity index is 2.01. The number of phenolic OH excluding ortho intramolecular Hbond substituents is 1. The van der Waals surface area contributed by atoms with Gasteiger partial charge in [0.1, 0.15) is 18.1 Å². The van der Waals surface area contributed by atoms with Crippen molar-refractivity contribution in [2.75, 3.05) is 6.61 Å². The Kier molecular flexibility index (Phi) is 7.40. The van der Waals surface area contributed by atoms with Crippen molar-refractivity contribution in [1.29, 1.82) is 0 Å². The zero-order chi connectivity index (χ0) is 23.3. The zero-order valence-corrected chi connectivity index (χ0v) is 18.5. The highest BCUT2D eigenvalue weighted by molar-refractivity contribution is 6.67. The average molecular weight is 494 g/mol. The number of alkyl halides is 3. The van der Waals surface area contributed by atoms with Crippen LogP contribution in [0.2, 0.25) is 0 Å². The molecule has 1 N–H and O–H groups in total. The first-order chi connectivity index (χ1) is 15.2. The molecule has 0 bridgehead atoms. The number of esters is 2. The van der Waals surface area contributed by atoms with Crippen LogP contribution in [0.15, 0.2) is 72.8 Å². The smallest absolute Gasteiger partial charge is 0.343 e. The minimum Gasteiger partial charge on any atom is -0.507 e. The lowest BCUT2D eigenvalue weighted by atomic mass is 9.97. The quantitative estimate of drug-likeness (QED) is 0.215. The van der Waals surface area contributed by atoms with E-state index in [-0.39, 0.29) is 28.0 Å². The first-order valence-electron chi connectivity index (χ1n) is 9.13. The largest absolute Gasteiger partial charge is 0.507 e. The Morgan fingerprint density at radius 1 is 0.812 bits per heavy atom. The molecule has 0 saturated heterocycles. The van der Waals surface area contributed by atoms with Crippen molar-refractivity contribution in [3.63, 3.8) is 0 Å². The Hall–Kier alpha value is -3.06. The van der Waals surface area contributed by atoms with Gasteiger partial charge in [0.25, 0.3) is 0 Å². The fourth-order valence-corrected chi connectivity index (χ4v) is 2.92. The standard InChI is InChI=1S/C23H15Cl3O6/c24-23(25,26)13-31-22(30)17-11-16(32-21(29)15-9-5-2-6-10-15)12-18(27)19(17)20(28)14-7-3-1-4-8-14/h1-12,27H,13H2. The van der Waals surface area contributed by atoms with Crippen molar-refractivity contribution in [2.45, 2.75) is 3.79 Å². The SMILES string of the molecule is O=C(Oc1cc(O)c(C(=O)c2ccccc2)c(C(=O)OCC(Cl)(Cl)Cl)c1)c1ccccc1. The number of aromatic hydroxyl groups is 1. The third-order valence-electron chi connectivity index (χ3n) is 4.16. The van der Waals surface area contributed by atoms with Gasteiger partial charge in [0.05, 0.1) is 16.7 Å². The minimum absolute atomic E-state index is 0.179. The number of ketones is 1. The lowest BCUT2D eigenvalue weighted by Gasteiger charge is -2.15. The monoisotopic (exact) mass is 492 g/mol. The van der Waals surface area contributed by atoms with E-state index in [1.807, 2.05) is 0 Å². The van der Waals surface area contributed by atoms with Gasteiger partial charge in [-0.1, -0.05) is 83.3 Å². The van der Waals surface area contributed by atoms with E-state index < -0.39 is 33.9 Å². The molecule has 164 valence electrons. The second-order valence-electron chi connectivity index (χ2n) is 6.51. The van der Waals surface area contributed by atoms with Crippen LogP contribution in [-0.2, 0) is 4.74 Å². The summed E-state index contributed by atoms with van der Waals surface area (Å²) < 4.78 is 8.35. The molecule has 6 nitrogen and oxygen atoms in total. The van der Waals surface area contributed by atoms with Crippen molar-refractivity contribution in [2.24, 2.45) is 0 Å². The van der Waals surface area contributed by atoms with Crippen molar-refractivity contribution < 1.29 is 29.0 Å². The van der Waals surface area contributed by atoms with Crippen LogP contribution in [0, 0.1) is 0 Å². The van der Waals surface area contributed by atoms with Crippen LogP contribution in [0.25, 0.3) is 0 Å². The topological polar surface area (TPSA) is 89.9 Å². The summed E-state index contributed by atoms with van der Waals surface area (Å²) in [5.74, 6) is -3.19. The van der Waals surface area contributed by atoms with E-state index in [0.717, 1.165) is 12.1 Å². The average Bonchev–Trinajstić information content (AvgIpc) is 2.77. The molecule has 3 rings (SSSR count). The molecule has 0 atom stereocenters. The molecule has 0 saturated carbocycles. The van der Waals surface area contributed by atoms with E-state index >= 15 is 0 Å². The molecule has 0 radical (unpaired) electrons. The fraction of sp³-hybridized carbons (Fsp3) is 0.0870. The minimum atomic E-state index is -1.89. The van der Waals surface area contributed by atoms with Crippen molar-refractivity contribution in [3.05, 3.63) is 95.1 Å². The molecule has 3 aromatic rings. The molecule has 0 aliphatic rings. The highest BCUT2D eigenvalue weighted by Gasteiger charge is 2.28. The zero-order valence-electron chi connectivity index (χ0n) is 16.3. The molecule has 0 amide bonds. The highest BCUT2D eigenvalue weighted by Crippen LogP contribution is 2.32. The molecule has 32 heavy (non-hydrogen) atoms. The number of ether oxygens (including phenoxy) is 2. The van der Waals surface area contributed by atoms with Gasteiger partial charge in [-0.2, -0.15) is 0 Å². The Bertz CT molecular complexity index is 1140. The molecule has 0 fully saturated rings. The number of carbonyl (C=O) groups excluding carboxylic acids is 3. The molecular weight excluding hydrogens is 479 g/mol. The molecule has 3 aromatic carbocycles. The van der Waals surface area contributed by atoms with Crippen molar-refractivity contribution in [3.8, 4) is 11.5 Å². The number of rotatable bonds is 6. The van der Waals surface area contributed by atoms with E-state index in [4.69, 9.17) is 44.3 Å². The Labute approximate surface area is 198 Å². The van der Waals surface area contributed by atoms with Crippen LogP contribution < -0.4 is 4.74 Å². The maximum Gasteiger partial charge on any atom is 0.343 e. The highest BCUT2D eigenvalue weighted by atomic mass is 35.6. The molecule has 0 heterocycles.